The fourth-order valence-electron chi connectivity index (χ4n) is 2.71. The van der Waals surface area contributed by atoms with Crippen LogP contribution in [0.5, 0.6) is 5.75 Å². The Balaban J connectivity index is 1.96. The Labute approximate surface area is 138 Å². The minimum absolute atomic E-state index is 0.0443. The number of hydrogen-bond donors (Lipinski definition) is 1. The molecule has 0 radical (unpaired) electrons. The zero-order valence-corrected chi connectivity index (χ0v) is 14.1. The number of nitrogens with one attached hydrogen (secondary N) is 1. The molecule has 0 saturated heterocycles. The first kappa shape index (κ1) is 17.1. The van der Waals surface area contributed by atoms with Crippen LogP contribution in [-0.4, -0.2) is 13.0 Å². The van der Waals surface area contributed by atoms with Crippen molar-refractivity contribution < 1.29 is 9.53 Å². The molecule has 0 aliphatic carbocycles. The number of methoxy groups -OCH3 is 1. The van der Waals surface area contributed by atoms with Gasteiger partial charge in [-0.15, -0.1) is 0 Å². The summed E-state index contributed by atoms with van der Waals surface area (Å²) >= 11 is 0. The van der Waals surface area contributed by atoms with Crippen LogP contribution in [0.25, 0.3) is 0 Å². The number of ether oxygens (including phenoxy) is 1. The summed E-state index contributed by atoms with van der Waals surface area (Å²) in [7, 11) is 1.67. The minimum Gasteiger partial charge on any atom is -0.496 e. The first-order chi connectivity index (χ1) is 11.1. The summed E-state index contributed by atoms with van der Waals surface area (Å²) < 4.78 is 5.29. The summed E-state index contributed by atoms with van der Waals surface area (Å²) in [5.41, 5.74) is 3.40. The van der Waals surface area contributed by atoms with Gasteiger partial charge in [-0.2, -0.15) is 0 Å². The van der Waals surface area contributed by atoms with Gasteiger partial charge in [0.1, 0.15) is 5.75 Å². The van der Waals surface area contributed by atoms with Gasteiger partial charge in [-0.25, -0.2) is 0 Å². The van der Waals surface area contributed by atoms with Gasteiger partial charge in [0, 0.05) is 6.42 Å². The van der Waals surface area contributed by atoms with Gasteiger partial charge >= 0.3 is 0 Å². The normalized spacial score (nSPS) is 11.8. The lowest BCUT2D eigenvalue weighted by Gasteiger charge is -2.19. The van der Waals surface area contributed by atoms with E-state index < -0.39 is 0 Å². The maximum absolute atomic E-state index is 12.2. The van der Waals surface area contributed by atoms with Gasteiger partial charge in [0.15, 0.2) is 0 Å². The zero-order valence-electron chi connectivity index (χ0n) is 14.1. The third kappa shape index (κ3) is 4.85. The van der Waals surface area contributed by atoms with Gasteiger partial charge < -0.3 is 10.1 Å². The van der Waals surface area contributed by atoms with Gasteiger partial charge in [-0.05, 0) is 42.5 Å². The fraction of sp³-hybridized carbons (Fsp3) is 0.350. The Kier molecular flexibility index (Phi) is 6.21. The molecule has 0 saturated carbocycles. The predicted octanol–water partition coefficient (Wildman–Crippen LogP) is 4.20. The molecule has 1 atom stereocenters. The molecule has 0 aliphatic rings. The van der Waals surface area contributed by atoms with Crippen molar-refractivity contribution in [3.63, 3.8) is 0 Å². The molecular weight excluding hydrogens is 286 g/mol. The Morgan fingerprint density at radius 3 is 2.52 bits per heavy atom. The number of amides is 1. The SMILES string of the molecule is CC[C@@H](NC(=O)CCc1ccccc1)c1ccc(OC)c(C)c1. The highest BCUT2D eigenvalue weighted by atomic mass is 16.5. The lowest BCUT2D eigenvalue weighted by molar-refractivity contribution is -0.121. The predicted molar refractivity (Wildman–Crippen MR) is 93.7 cm³/mol. The first-order valence-corrected chi connectivity index (χ1v) is 8.12. The molecule has 3 nitrogen and oxygen atoms in total. The molecular formula is C20H25NO2. The van der Waals surface area contributed by atoms with Crippen LogP contribution >= 0.6 is 0 Å². The number of carbonyl (C=O) groups excluding carboxylic acids is 1. The Morgan fingerprint density at radius 2 is 1.91 bits per heavy atom. The number of aryl methyl sites for hydroxylation is 2. The summed E-state index contributed by atoms with van der Waals surface area (Å²) in [6.45, 7) is 4.11. The zero-order chi connectivity index (χ0) is 16.7. The second-order valence-electron chi connectivity index (χ2n) is 5.74. The molecule has 0 fully saturated rings. The third-order valence-corrected chi connectivity index (χ3v) is 4.05. The number of benzene rings is 2. The largest absolute Gasteiger partial charge is 0.496 e. The molecule has 3 heteroatoms. The lowest BCUT2D eigenvalue weighted by atomic mass is 10.0. The molecule has 2 aromatic rings. The van der Waals surface area contributed by atoms with Crippen molar-refractivity contribution in [2.24, 2.45) is 0 Å². The molecule has 0 spiro atoms. The van der Waals surface area contributed by atoms with E-state index in [0.29, 0.717) is 6.42 Å². The molecule has 1 N–H and O–H groups in total. The number of rotatable bonds is 7. The summed E-state index contributed by atoms with van der Waals surface area (Å²) in [5.74, 6) is 0.966. The van der Waals surface area contributed by atoms with E-state index in [1.165, 1.54) is 5.56 Å². The van der Waals surface area contributed by atoms with Gasteiger partial charge in [-0.3, -0.25) is 4.79 Å². The van der Waals surface area contributed by atoms with E-state index in [9.17, 15) is 4.79 Å². The van der Waals surface area contributed by atoms with Crippen molar-refractivity contribution in [3.8, 4) is 5.75 Å². The molecule has 1 amide bonds. The van der Waals surface area contributed by atoms with Gasteiger partial charge in [0.25, 0.3) is 0 Å². The van der Waals surface area contributed by atoms with Crippen molar-refractivity contribution in [2.45, 2.75) is 39.2 Å². The monoisotopic (exact) mass is 311 g/mol. The Hall–Kier alpha value is -2.29. The van der Waals surface area contributed by atoms with Crippen molar-refractivity contribution >= 4 is 5.91 Å². The van der Waals surface area contributed by atoms with Crippen molar-refractivity contribution in [2.75, 3.05) is 7.11 Å². The summed E-state index contributed by atoms with van der Waals surface area (Å²) in [6, 6.07) is 16.2. The molecule has 0 aliphatic heterocycles. The average molecular weight is 311 g/mol. The van der Waals surface area contributed by atoms with E-state index in [1.807, 2.05) is 37.3 Å². The Bertz CT molecular complexity index is 637. The van der Waals surface area contributed by atoms with Gasteiger partial charge in [0.2, 0.25) is 5.91 Å². The maximum Gasteiger partial charge on any atom is 0.220 e. The van der Waals surface area contributed by atoms with E-state index in [0.717, 1.165) is 29.7 Å². The number of carbonyl (C=O) groups is 1. The lowest BCUT2D eigenvalue weighted by Crippen LogP contribution is -2.28. The molecule has 23 heavy (non-hydrogen) atoms. The van der Waals surface area contributed by atoms with E-state index >= 15 is 0 Å². The molecule has 0 unspecified atom stereocenters. The standard InChI is InChI=1S/C20H25NO2/c1-4-18(17-11-12-19(23-3)15(2)14-17)21-20(22)13-10-16-8-6-5-7-9-16/h5-9,11-12,14,18H,4,10,13H2,1-3H3,(H,21,22)/t18-/m1/s1. The summed E-state index contributed by atoms with van der Waals surface area (Å²) in [5, 5.41) is 3.14. The fourth-order valence-corrected chi connectivity index (χ4v) is 2.71. The summed E-state index contributed by atoms with van der Waals surface area (Å²) in [4.78, 5) is 12.2. The summed E-state index contributed by atoms with van der Waals surface area (Å²) in [6.07, 6.45) is 2.14. The van der Waals surface area contributed by atoms with Crippen LogP contribution in [0.2, 0.25) is 0 Å². The second kappa shape index (κ2) is 8.37. The van der Waals surface area contributed by atoms with Crippen molar-refractivity contribution in [3.05, 3.63) is 65.2 Å². The maximum atomic E-state index is 12.2. The van der Waals surface area contributed by atoms with Crippen molar-refractivity contribution in [1.29, 1.82) is 0 Å². The second-order valence-corrected chi connectivity index (χ2v) is 5.74. The topological polar surface area (TPSA) is 38.3 Å². The van der Waals surface area contributed by atoms with Gasteiger partial charge in [0.05, 0.1) is 13.2 Å². The smallest absolute Gasteiger partial charge is 0.220 e. The third-order valence-electron chi connectivity index (χ3n) is 4.05. The minimum atomic E-state index is 0.0443. The molecule has 0 heterocycles. The average Bonchev–Trinajstić information content (AvgIpc) is 2.58. The van der Waals surface area contributed by atoms with Crippen LogP contribution in [0.3, 0.4) is 0 Å². The van der Waals surface area contributed by atoms with Crippen LogP contribution in [0.4, 0.5) is 0 Å². The van der Waals surface area contributed by atoms with Crippen LogP contribution in [0.1, 0.15) is 42.5 Å². The van der Waals surface area contributed by atoms with Crippen LogP contribution in [0, 0.1) is 6.92 Å². The van der Waals surface area contributed by atoms with Crippen molar-refractivity contribution in [1.82, 2.24) is 5.32 Å². The molecule has 0 bridgehead atoms. The first-order valence-electron chi connectivity index (χ1n) is 8.12. The van der Waals surface area contributed by atoms with Crippen LogP contribution < -0.4 is 10.1 Å². The van der Waals surface area contributed by atoms with E-state index in [2.05, 4.69) is 30.4 Å². The Morgan fingerprint density at radius 1 is 1.17 bits per heavy atom. The highest BCUT2D eigenvalue weighted by molar-refractivity contribution is 5.76. The molecule has 122 valence electrons. The molecule has 2 aromatic carbocycles. The van der Waals surface area contributed by atoms with E-state index in [1.54, 1.807) is 7.11 Å². The van der Waals surface area contributed by atoms with E-state index in [-0.39, 0.29) is 11.9 Å². The van der Waals surface area contributed by atoms with Gasteiger partial charge in [-0.1, -0.05) is 49.4 Å². The van der Waals surface area contributed by atoms with E-state index in [4.69, 9.17) is 4.74 Å². The highest BCUT2D eigenvalue weighted by Crippen LogP contribution is 2.24. The van der Waals surface area contributed by atoms with Crippen LogP contribution in [-0.2, 0) is 11.2 Å². The quantitative estimate of drug-likeness (QED) is 0.832. The van der Waals surface area contributed by atoms with Crippen LogP contribution in [0.15, 0.2) is 48.5 Å². The molecule has 0 aromatic heterocycles. The highest BCUT2D eigenvalue weighted by Gasteiger charge is 2.14. The number of hydrogen-bond acceptors (Lipinski definition) is 2. The molecule has 2 rings (SSSR count).